The number of aliphatic carboxylic acids is 1. The van der Waals surface area contributed by atoms with Gasteiger partial charge in [-0.2, -0.15) is 5.10 Å². The highest BCUT2D eigenvalue weighted by Crippen LogP contribution is 2.28. The van der Waals surface area contributed by atoms with Crippen molar-refractivity contribution in [3.63, 3.8) is 0 Å². The van der Waals surface area contributed by atoms with Crippen LogP contribution in [-0.2, 0) is 9.59 Å². The number of nitrogens with zero attached hydrogens (tertiary/aromatic N) is 1. The molecule has 1 aromatic carbocycles. The Labute approximate surface area is 116 Å². The second-order valence-electron chi connectivity index (χ2n) is 4.66. The van der Waals surface area contributed by atoms with E-state index in [0.29, 0.717) is 11.5 Å². The summed E-state index contributed by atoms with van der Waals surface area (Å²) in [6.45, 7) is 1.38. The normalized spacial score (nSPS) is 14.8. The molecular formula is C14H16N2O4. The molecule has 0 aromatic heterocycles. The van der Waals surface area contributed by atoms with Crippen LogP contribution in [0.2, 0.25) is 0 Å². The molecule has 1 aromatic rings. The summed E-state index contributed by atoms with van der Waals surface area (Å²) in [7, 11) is 0. The fourth-order valence-electron chi connectivity index (χ4n) is 1.60. The lowest BCUT2D eigenvalue weighted by Gasteiger charge is -2.06. The first kappa shape index (κ1) is 14.0. The molecule has 6 heteroatoms. The summed E-state index contributed by atoms with van der Waals surface area (Å²) in [6.07, 6.45) is 1.86. The molecule has 1 fully saturated rings. The number of carbonyl (C=O) groups is 2. The Bertz CT molecular complexity index is 550. The Hall–Kier alpha value is -2.37. The van der Waals surface area contributed by atoms with E-state index in [9.17, 15) is 9.59 Å². The monoisotopic (exact) mass is 276 g/mol. The minimum atomic E-state index is -1.03. The molecule has 0 spiro atoms. The number of nitrogens with one attached hydrogen (secondary N) is 1. The molecule has 1 aliphatic carbocycles. The van der Waals surface area contributed by atoms with Gasteiger partial charge in [0.15, 0.2) is 6.61 Å². The number of hydrazone groups is 1. The lowest BCUT2D eigenvalue weighted by atomic mass is 10.1. The van der Waals surface area contributed by atoms with Crippen molar-refractivity contribution >= 4 is 17.6 Å². The summed E-state index contributed by atoms with van der Waals surface area (Å²) < 4.78 is 5.09. The smallest absolute Gasteiger partial charge is 0.341 e. The van der Waals surface area contributed by atoms with E-state index in [1.807, 2.05) is 6.07 Å². The number of benzene rings is 1. The molecule has 6 nitrogen and oxygen atoms in total. The summed E-state index contributed by atoms with van der Waals surface area (Å²) in [5.41, 5.74) is 3.93. The first-order valence-corrected chi connectivity index (χ1v) is 6.35. The average Bonchev–Trinajstić information content (AvgIpc) is 3.27. The third-order valence-electron chi connectivity index (χ3n) is 2.90. The predicted octanol–water partition coefficient (Wildman–Crippen LogP) is 1.40. The second-order valence-corrected chi connectivity index (χ2v) is 4.66. The van der Waals surface area contributed by atoms with Crippen LogP contribution in [0.25, 0.3) is 0 Å². The SMILES string of the molecule is C/C(=N/NC(=O)C1CC1)c1cccc(OCC(=O)O)c1. The lowest BCUT2D eigenvalue weighted by Crippen LogP contribution is -2.20. The van der Waals surface area contributed by atoms with E-state index in [-0.39, 0.29) is 11.8 Å². The fraction of sp³-hybridized carbons (Fsp3) is 0.357. The highest BCUT2D eigenvalue weighted by atomic mass is 16.5. The van der Waals surface area contributed by atoms with Crippen molar-refractivity contribution in [2.45, 2.75) is 19.8 Å². The molecule has 20 heavy (non-hydrogen) atoms. The van der Waals surface area contributed by atoms with E-state index in [4.69, 9.17) is 9.84 Å². The average molecular weight is 276 g/mol. The summed E-state index contributed by atoms with van der Waals surface area (Å²) in [6, 6.07) is 6.91. The molecule has 1 aliphatic rings. The van der Waals surface area contributed by atoms with Gasteiger partial charge < -0.3 is 9.84 Å². The van der Waals surface area contributed by atoms with Gasteiger partial charge in [-0.05, 0) is 31.9 Å². The third-order valence-corrected chi connectivity index (χ3v) is 2.90. The number of carboxylic acids is 1. The van der Waals surface area contributed by atoms with Gasteiger partial charge in [0.25, 0.3) is 0 Å². The molecule has 0 aliphatic heterocycles. The molecule has 1 amide bonds. The molecule has 0 atom stereocenters. The molecular weight excluding hydrogens is 260 g/mol. The van der Waals surface area contributed by atoms with Crippen LogP contribution in [0.5, 0.6) is 5.75 Å². The Morgan fingerprint density at radius 3 is 2.85 bits per heavy atom. The maximum Gasteiger partial charge on any atom is 0.341 e. The number of rotatable bonds is 6. The Kier molecular flexibility index (Phi) is 4.34. The number of hydrogen-bond donors (Lipinski definition) is 2. The van der Waals surface area contributed by atoms with Gasteiger partial charge in [-0.25, -0.2) is 10.2 Å². The zero-order chi connectivity index (χ0) is 14.5. The molecule has 0 heterocycles. The van der Waals surface area contributed by atoms with Crippen LogP contribution in [0.3, 0.4) is 0 Å². The standard InChI is InChI=1S/C14H16N2O4/c1-9(15-16-14(19)10-5-6-10)11-3-2-4-12(7-11)20-8-13(17)18/h2-4,7,10H,5-6,8H2,1H3,(H,16,19)(H,17,18)/b15-9-. The molecule has 0 unspecified atom stereocenters. The van der Waals surface area contributed by atoms with E-state index in [1.165, 1.54) is 0 Å². The van der Waals surface area contributed by atoms with Gasteiger partial charge in [0.05, 0.1) is 5.71 Å². The van der Waals surface area contributed by atoms with Crippen molar-refractivity contribution < 1.29 is 19.4 Å². The maximum atomic E-state index is 11.5. The van der Waals surface area contributed by atoms with Gasteiger partial charge in [0.2, 0.25) is 5.91 Å². The maximum absolute atomic E-state index is 11.5. The van der Waals surface area contributed by atoms with Gasteiger partial charge in [-0.3, -0.25) is 4.79 Å². The molecule has 1 saturated carbocycles. The predicted molar refractivity (Wildman–Crippen MR) is 72.7 cm³/mol. The Balaban J connectivity index is 1.99. The van der Waals surface area contributed by atoms with E-state index in [1.54, 1.807) is 25.1 Å². The number of carboxylic acid groups (broad SMARTS) is 1. The van der Waals surface area contributed by atoms with Crippen molar-refractivity contribution in [2.24, 2.45) is 11.0 Å². The second kappa shape index (κ2) is 6.18. The molecule has 0 saturated heterocycles. The van der Waals surface area contributed by atoms with Gasteiger partial charge in [-0.1, -0.05) is 12.1 Å². The van der Waals surface area contributed by atoms with E-state index in [0.717, 1.165) is 18.4 Å². The summed E-state index contributed by atoms with van der Waals surface area (Å²) in [5.74, 6) is -0.523. The zero-order valence-electron chi connectivity index (χ0n) is 11.1. The van der Waals surface area contributed by atoms with Gasteiger partial charge >= 0.3 is 5.97 Å². The molecule has 0 bridgehead atoms. The van der Waals surface area contributed by atoms with E-state index in [2.05, 4.69) is 10.5 Å². The van der Waals surface area contributed by atoms with Gasteiger partial charge in [-0.15, -0.1) is 0 Å². The zero-order valence-corrected chi connectivity index (χ0v) is 11.1. The molecule has 0 radical (unpaired) electrons. The number of carbonyl (C=O) groups excluding carboxylic acids is 1. The van der Waals surface area contributed by atoms with Crippen LogP contribution in [0, 0.1) is 5.92 Å². The number of amides is 1. The van der Waals surface area contributed by atoms with Crippen molar-refractivity contribution in [3.8, 4) is 5.75 Å². The van der Waals surface area contributed by atoms with Crippen molar-refractivity contribution in [1.29, 1.82) is 0 Å². The quantitative estimate of drug-likeness (QED) is 0.607. The largest absolute Gasteiger partial charge is 0.482 e. The van der Waals surface area contributed by atoms with Crippen LogP contribution in [0.15, 0.2) is 29.4 Å². The Morgan fingerprint density at radius 2 is 2.20 bits per heavy atom. The van der Waals surface area contributed by atoms with Crippen molar-refractivity contribution in [1.82, 2.24) is 5.43 Å². The summed E-state index contributed by atoms with van der Waals surface area (Å²) in [5, 5.41) is 12.6. The van der Waals surface area contributed by atoms with Gasteiger partial charge in [0.1, 0.15) is 5.75 Å². The molecule has 2 rings (SSSR count). The highest BCUT2D eigenvalue weighted by Gasteiger charge is 2.29. The van der Waals surface area contributed by atoms with E-state index >= 15 is 0 Å². The minimum absolute atomic E-state index is 0.0531. The van der Waals surface area contributed by atoms with Crippen LogP contribution in [0.4, 0.5) is 0 Å². The lowest BCUT2D eigenvalue weighted by molar-refractivity contribution is -0.139. The molecule has 106 valence electrons. The van der Waals surface area contributed by atoms with E-state index < -0.39 is 12.6 Å². The topological polar surface area (TPSA) is 88.0 Å². The first-order chi connectivity index (χ1) is 9.56. The summed E-state index contributed by atoms with van der Waals surface area (Å²) >= 11 is 0. The van der Waals surface area contributed by atoms with Crippen LogP contribution in [0.1, 0.15) is 25.3 Å². The summed E-state index contributed by atoms with van der Waals surface area (Å²) in [4.78, 5) is 21.9. The van der Waals surface area contributed by atoms with Crippen LogP contribution < -0.4 is 10.2 Å². The first-order valence-electron chi connectivity index (χ1n) is 6.35. The minimum Gasteiger partial charge on any atom is -0.482 e. The number of ether oxygens (including phenoxy) is 1. The third kappa shape index (κ3) is 4.08. The Morgan fingerprint density at radius 1 is 1.45 bits per heavy atom. The van der Waals surface area contributed by atoms with Gasteiger partial charge in [0, 0.05) is 11.5 Å². The van der Waals surface area contributed by atoms with Crippen LogP contribution >= 0.6 is 0 Å². The fourth-order valence-corrected chi connectivity index (χ4v) is 1.60. The van der Waals surface area contributed by atoms with Crippen molar-refractivity contribution in [2.75, 3.05) is 6.61 Å². The van der Waals surface area contributed by atoms with Crippen molar-refractivity contribution in [3.05, 3.63) is 29.8 Å². The number of hydrogen-bond acceptors (Lipinski definition) is 4. The van der Waals surface area contributed by atoms with Crippen LogP contribution in [-0.4, -0.2) is 29.3 Å². The molecule has 2 N–H and O–H groups in total. The highest BCUT2D eigenvalue weighted by molar-refractivity contribution is 5.99.